The van der Waals surface area contributed by atoms with Gasteiger partial charge in [0.2, 0.25) is 5.91 Å². The Balaban J connectivity index is 0.00000288. The van der Waals surface area contributed by atoms with Crippen LogP contribution in [0.5, 0.6) is 5.75 Å². The fourth-order valence-electron chi connectivity index (χ4n) is 2.47. The molecule has 1 heterocycles. The number of hydrogen-bond donors (Lipinski definition) is 2. The van der Waals surface area contributed by atoms with Crippen molar-refractivity contribution in [1.82, 2.24) is 5.32 Å². The van der Waals surface area contributed by atoms with E-state index in [0.29, 0.717) is 13.2 Å². The molecule has 3 N–H and O–H groups in total. The highest BCUT2D eigenvalue weighted by Crippen LogP contribution is 2.22. The summed E-state index contributed by atoms with van der Waals surface area (Å²) in [7, 11) is 1.52. The fourth-order valence-corrected chi connectivity index (χ4v) is 2.47. The Kier molecular flexibility index (Phi) is 9.07. The normalized spacial score (nSPS) is 17.9. The topological polar surface area (TPSA) is 82.8 Å². The van der Waals surface area contributed by atoms with E-state index in [1.165, 1.54) is 7.11 Å². The molecule has 6 nitrogen and oxygen atoms in total. The molecule has 136 valence electrons. The van der Waals surface area contributed by atoms with E-state index >= 15 is 0 Å². The number of rotatable bonds is 8. The Morgan fingerprint density at radius 1 is 1.50 bits per heavy atom. The van der Waals surface area contributed by atoms with Gasteiger partial charge < -0.3 is 25.3 Å². The zero-order valence-electron chi connectivity index (χ0n) is 14.2. The minimum absolute atomic E-state index is 0. The highest BCUT2D eigenvalue weighted by molar-refractivity contribution is 5.85. The van der Waals surface area contributed by atoms with E-state index in [1.54, 1.807) is 0 Å². The van der Waals surface area contributed by atoms with Crippen molar-refractivity contribution < 1.29 is 19.0 Å². The molecule has 1 fully saturated rings. The third-order valence-electron chi connectivity index (χ3n) is 3.81. The maximum Gasteiger partial charge on any atom is 0.239 e. The number of benzene rings is 1. The van der Waals surface area contributed by atoms with Crippen LogP contribution in [-0.2, 0) is 20.8 Å². The number of nitrogens with one attached hydrogen (secondary N) is 1. The molecule has 1 aromatic rings. The SMILES string of the molecule is COCC(N)C(=O)NCc1ccc(C)cc1OCC1CCCO1.Cl. The van der Waals surface area contributed by atoms with Crippen LogP contribution in [0.15, 0.2) is 18.2 Å². The van der Waals surface area contributed by atoms with Gasteiger partial charge in [-0.15, -0.1) is 12.4 Å². The van der Waals surface area contributed by atoms with Gasteiger partial charge in [0.1, 0.15) is 18.4 Å². The molecule has 2 rings (SSSR count). The van der Waals surface area contributed by atoms with Crippen LogP contribution in [0, 0.1) is 6.92 Å². The van der Waals surface area contributed by atoms with Crippen molar-refractivity contribution in [1.29, 1.82) is 0 Å². The van der Waals surface area contributed by atoms with Crippen molar-refractivity contribution in [3.63, 3.8) is 0 Å². The first kappa shape index (κ1) is 20.7. The Bertz CT molecular complexity index is 521. The molecular formula is C17H27ClN2O4. The number of aryl methyl sites for hydroxylation is 1. The molecule has 7 heteroatoms. The second-order valence-corrected chi connectivity index (χ2v) is 5.84. The first-order valence-electron chi connectivity index (χ1n) is 7.96. The van der Waals surface area contributed by atoms with Gasteiger partial charge in [0.05, 0.1) is 12.7 Å². The lowest BCUT2D eigenvalue weighted by molar-refractivity contribution is -0.123. The Morgan fingerprint density at radius 3 is 2.96 bits per heavy atom. The average molecular weight is 359 g/mol. The lowest BCUT2D eigenvalue weighted by Crippen LogP contribution is -2.43. The van der Waals surface area contributed by atoms with Crippen LogP contribution in [0.2, 0.25) is 0 Å². The van der Waals surface area contributed by atoms with Gasteiger partial charge in [-0.1, -0.05) is 12.1 Å². The quantitative estimate of drug-likeness (QED) is 0.737. The standard InChI is InChI=1S/C17H26N2O4.ClH/c1-12-5-6-13(9-19-17(20)15(18)11-21-2)16(8-12)23-10-14-4-3-7-22-14;/h5-6,8,14-15H,3-4,7,9-11,18H2,1-2H3,(H,19,20);1H. The van der Waals surface area contributed by atoms with E-state index in [4.69, 9.17) is 19.9 Å². The summed E-state index contributed by atoms with van der Waals surface area (Å²) in [6.07, 6.45) is 2.28. The highest BCUT2D eigenvalue weighted by atomic mass is 35.5. The number of amides is 1. The van der Waals surface area contributed by atoms with Crippen molar-refractivity contribution in [3.8, 4) is 5.75 Å². The summed E-state index contributed by atoms with van der Waals surface area (Å²) in [6.45, 7) is 3.92. The van der Waals surface area contributed by atoms with Gasteiger partial charge in [-0.2, -0.15) is 0 Å². The monoisotopic (exact) mass is 358 g/mol. The van der Waals surface area contributed by atoms with Crippen LogP contribution in [0.25, 0.3) is 0 Å². The zero-order valence-corrected chi connectivity index (χ0v) is 15.1. The summed E-state index contributed by atoms with van der Waals surface area (Å²) in [5.74, 6) is 0.540. The highest BCUT2D eigenvalue weighted by Gasteiger charge is 2.17. The summed E-state index contributed by atoms with van der Waals surface area (Å²) in [6, 6.07) is 5.27. The van der Waals surface area contributed by atoms with Crippen molar-refractivity contribution >= 4 is 18.3 Å². The van der Waals surface area contributed by atoms with E-state index < -0.39 is 6.04 Å². The Labute approximate surface area is 149 Å². The lowest BCUT2D eigenvalue weighted by atomic mass is 10.1. The number of ether oxygens (including phenoxy) is 3. The maximum absolute atomic E-state index is 11.9. The average Bonchev–Trinajstić information content (AvgIpc) is 3.05. The molecule has 2 unspecified atom stereocenters. The molecule has 1 aliphatic rings. The van der Waals surface area contributed by atoms with Crippen molar-refractivity contribution in [2.75, 3.05) is 26.9 Å². The van der Waals surface area contributed by atoms with Crippen LogP contribution in [0.3, 0.4) is 0 Å². The third-order valence-corrected chi connectivity index (χ3v) is 3.81. The van der Waals surface area contributed by atoms with Crippen molar-refractivity contribution in [2.24, 2.45) is 5.73 Å². The lowest BCUT2D eigenvalue weighted by Gasteiger charge is -2.17. The molecule has 0 spiro atoms. The minimum atomic E-state index is -0.665. The molecule has 1 saturated heterocycles. The number of hydrogen-bond acceptors (Lipinski definition) is 5. The largest absolute Gasteiger partial charge is 0.491 e. The molecule has 0 bridgehead atoms. The summed E-state index contributed by atoms with van der Waals surface area (Å²) in [5.41, 5.74) is 7.74. The smallest absolute Gasteiger partial charge is 0.239 e. The summed E-state index contributed by atoms with van der Waals surface area (Å²) in [5, 5.41) is 2.82. The molecule has 2 atom stereocenters. The van der Waals surface area contributed by atoms with Crippen LogP contribution in [0.1, 0.15) is 24.0 Å². The molecule has 1 aromatic carbocycles. The summed E-state index contributed by atoms with van der Waals surface area (Å²) < 4.78 is 16.4. The van der Waals surface area contributed by atoms with Crippen LogP contribution in [0.4, 0.5) is 0 Å². The van der Waals surface area contributed by atoms with Gasteiger partial charge in [0.25, 0.3) is 0 Å². The van der Waals surface area contributed by atoms with E-state index in [-0.39, 0.29) is 31.0 Å². The Morgan fingerprint density at radius 2 is 2.29 bits per heavy atom. The fraction of sp³-hybridized carbons (Fsp3) is 0.588. The third kappa shape index (κ3) is 6.28. The molecule has 0 radical (unpaired) electrons. The molecule has 0 saturated carbocycles. The van der Waals surface area contributed by atoms with Gasteiger partial charge >= 0.3 is 0 Å². The summed E-state index contributed by atoms with van der Waals surface area (Å²) >= 11 is 0. The molecule has 0 aliphatic carbocycles. The first-order chi connectivity index (χ1) is 11.1. The minimum Gasteiger partial charge on any atom is -0.491 e. The van der Waals surface area contributed by atoms with Gasteiger partial charge in [-0.3, -0.25) is 4.79 Å². The number of carbonyl (C=O) groups is 1. The van der Waals surface area contributed by atoms with Crippen LogP contribution >= 0.6 is 12.4 Å². The predicted molar refractivity (Wildman–Crippen MR) is 94.6 cm³/mol. The number of carbonyl (C=O) groups excluding carboxylic acids is 1. The van der Waals surface area contributed by atoms with Gasteiger partial charge in [0, 0.05) is 25.8 Å². The van der Waals surface area contributed by atoms with E-state index in [0.717, 1.165) is 36.3 Å². The predicted octanol–water partition coefficient (Wildman–Crippen LogP) is 1.56. The van der Waals surface area contributed by atoms with Crippen LogP contribution < -0.4 is 15.8 Å². The van der Waals surface area contributed by atoms with Gasteiger partial charge in [-0.05, 0) is 31.4 Å². The second kappa shape index (κ2) is 10.5. The van der Waals surface area contributed by atoms with Gasteiger partial charge in [0.15, 0.2) is 0 Å². The molecule has 24 heavy (non-hydrogen) atoms. The van der Waals surface area contributed by atoms with Crippen molar-refractivity contribution in [3.05, 3.63) is 29.3 Å². The first-order valence-corrected chi connectivity index (χ1v) is 7.96. The molecule has 1 amide bonds. The van der Waals surface area contributed by atoms with Gasteiger partial charge in [-0.25, -0.2) is 0 Å². The molecule has 0 aromatic heterocycles. The number of halogens is 1. The number of methoxy groups -OCH3 is 1. The summed E-state index contributed by atoms with van der Waals surface area (Å²) in [4.78, 5) is 11.9. The van der Waals surface area contributed by atoms with E-state index in [9.17, 15) is 4.79 Å². The second-order valence-electron chi connectivity index (χ2n) is 5.84. The van der Waals surface area contributed by atoms with E-state index in [2.05, 4.69) is 5.32 Å². The molecule has 1 aliphatic heterocycles. The molecular weight excluding hydrogens is 332 g/mol. The Hall–Kier alpha value is -1.34. The number of nitrogens with two attached hydrogens (primary N) is 1. The van der Waals surface area contributed by atoms with E-state index in [1.807, 2.05) is 25.1 Å². The zero-order chi connectivity index (χ0) is 16.7. The van der Waals surface area contributed by atoms with Crippen LogP contribution in [-0.4, -0.2) is 45.0 Å². The maximum atomic E-state index is 11.9. The van der Waals surface area contributed by atoms with Crippen molar-refractivity contribution in [2.45, 2.75) is 38.5 Å².